The van der Waals surface area contributed by atoms with Gasteiger partial charge in [0.25, 0.3) is 5.91 Å². The van der Waals surface area contributed by atoms with Gasteiger partial charge in [0.15, 0.2) is 22.8 Å². The van der Waals surface area contributed by atoms with Crippen molar-refractivity contribution in [2.24, 2.45) is 0 Å². The molecule has 7 nitrogen and oxygen atoms in total. The summed E-state index contributed by atoms with van der Waals surface area (Å²) in [7, 11) is 3.17. The third-order valence-electron chi connectivity index (χ3n) is 4.39. The van der Waals surface area contributed by atoms with Crippen LogP contribution in [0.2, 0.25) is 0 Å². The van der Waals surface area contributed by atoms with Crippen LogP contribution < -0.4 is 9.47 Å². The van der Waals surface area contributed by atoms with Gasteiger partial charge in [-0.3, -0.25) is 4.79 Å². The van der Waals surface area contributed by atoms with Crippen molar-refractivity contribution >= 4 is 33.9 Å². The molecule has 2 aromatic rings. The SMILES string of the molecule is COc1cc2c(cc1OC)CN(C(=O)COC(=O)/C=C/c1ccc(Br)o1)CC2. The zero-order valence-corrected chi connectivity index (χ0v) is 17.2. The summed E-state index contributed by atoms with van der Waals surface area (Å²) >= 11 is 3.18. The summed E-state index contributed by atoms with van der Waals surface area (Å²) in [4.78, 5) is 25.9. The van der Waals surface area contributed by atoms with Gasteiger partial charge in [0.05, 0.1) is 14.2 Å². The lowest BCUT2D eigenvalue weighted by Gasteiger charge is -2.29. The lowest BCUT2D eigenvalue weighted by molar-refractivity contribution is -0.148. The van der Waals surface area contributed by atoms with E-state index in [0.717, 1.165) is 11.1 Å². The number of furan rings is 1. The first-order valence-electron chi connectivity index (χ1n) is 8.62. The Labute approximate surface area is 171 Å². The molecule has 28 heavy (non-hydrogen) atoms. The number of amides is 1. The van der Waals surface area contributed by atoms with Crippen LogP contribution >= 0.6 is 15.9 Å². The number of ether oxygens (including phenoxy) is 3. The number of nitrogens with zero attached hydrogens (tertiary/aromatic N) is 1. The molecular formula is C20H20BrNO6. The van der Waals surface area contributed by atoms with Gasteiger partial charge in [0.2, 0.25) is 0 Å². The second-order valence-electron chi connectivity index (χ2n) is 6.12. The summed E-state index contributed by atoms with van der Waals surface area (Å²) in [5.41, 5.74) is 2.11. The fourth-order valence-corrected chi connectivity index (χ4v) is 3.26. The van der Waals surface area contributed by atoms with Crippen LogP contribution in [0.25, 0.3) is 6.08 Å². The second kappa shape index (κ2) is 8.97. The number of halogens is 1. The van der Waals surface area contributed by atoms with E-state index in [-0.39, 0.29) is 12.5 Å². The maximum Gasteiger partial charge on any atom is 0.331 e. The fraction of sp³-hybridized carbons (Fsp3) is 0.300. The molecule has 1 amide bonds. The van der Waals surface area contributed by atoms with E-state index in [1.807, 2.05) is 12.1 Å². The van der Waals surface area contributed by atoms with Crippen LogP contribution in [0.1, 0.15) is 16.9 Å². The van der Waals surface area contributed by atoms with Crippen molar-refractivity contribution in [2.75, 3.05) is 27.4 Å². The molecule has 0 fully saturated rings. The number of carbonyl (C=O) groups is 2. The second-order valence-corrected chi connectivity index (χ2v) is 6.91. The van der Waals surface area contributed by atoms with Gasteiger partial charge < -0.3 is 23.5 Å². The molecule has 0 saturated heterocycles. The van der Waals surface area contributed by atoms with E-state index in [4.69, 9.17) is 18.6 Å². The van der Waals surface area contributed by atoms with Gasteiger partial charge in [-0.1, -0.05) is 0 Å². The molecule has 0 bridgehead atoms. The van der Waals surface area contributed by atoms with E-state index in [1.165, 1.54) is 12.2 Å². The Morgan fingerprint density at radius 1 is 1.18 bits per heavy atom. The van der Waals surface area contributed by atoms with Gasteiger partial charge in [0, 0.05) is 19.2 Å². The first kappa shape index (κ1) is 20.0. The zero-order valence-electron chi connectivity index (χ0n) is 15.6. The monoisotopic (exact) mass is 449 g/mol. The quantitative estimate of drug-likeness (QED) is 0.497. The topological polar surface area (TPSA) is 78.2 Å². The van der Waals surface area contributed by atoms with E-state index in [1.54, 1.807) is 31.3 Å². The molecule has 0 N–H and O–H groups in total. The molecule has 3 rings (SSSR count). The van der Waals surface area contributed by atoms with Crippen molar-refractivity contribution in [3.05, 3.63) is 51.9 Å². The van der Waals surface area contributed by atoms with E-state index in [9.17, 15) is 9.59 Å². The molecule has 1 aromatic heterocycles. The van der Waals surface area contributed by atoms with Gasteiger partial charge in [0.1, 0.15) is 5.76 Å². The maximum absolute atomic E-state index is 12.4. The Kier molecular flexibility index (Phi) is 6.41. The predicted molar refractivity (Wildman–Crippen MR) is 105 cm³/mol. The smallest absolute Gasteiger partial charge is 0.331 e. The molecule has 1 aliphatic rings. The molecule has 1 aromatic carbocycles. The molecule has 2 heterocycles. The van der Waals surface area contributed by atoms with Crippen molar-refractivity contribution in [3.63, 3.8) is 0 Å². The molecule has 0 radical (unpaired) electrons. The maximum atomic E-state index is 12.4. The highest BCUT2D eigenvalue weighted by atomic mass is 79.9. The van der Waals surface area contributed by atoms with Crippen molar-refractivity contribution < 1.29 is 28.2 Å². The van der Waals surface area contributed by atoms with Crippen LogP contribution in [-0.4, -0.2) is 44.1 Å². The summed E-state index contributed by atoms with van der Waals surface area (Å²) in [6.07, 6.45) is 3.40. The number of methoxy groups -OCH3 is 2. The van der Waals surface area contributed by atoms with Crippen molar-refractivity contribution in [1.29, 1.82) is 0 Å². The van der Waals surface area contributed by atoms with Gasteiger partial charge >= 0.3 is 5.97 Å². The summed E-state index contributed by atoms with van der Waals surface area (Å²) in [5.74, 6) is 0.946. The van der Waals surface area contributed by atoms with Gasteiger partial charge in [-0.15, -0.1) is 0 Å². The molecule has 8 heteroatoms. The average Bonchev–Trinajstić information content (AvgIpc) is 3.13. The van der Waals surface area contributed by atoms with Crippen molar-refractivity contribution in [2.45, 2.75) is 13.0 Å². The highest BCUT2D eigenvalue weighted by molar-refractivity contribution is 9.10. The number of rotatable bonds is 6. The molecule has 0 aliphatic carbocycles. The minimum atomic E-state index is -0.607. The minimum Gasteiger partial charge on any atom is -0.493 e. The number of esters is 1. The molecule has 0 atom stereocenters. The Bertz CT molecular complexity index is 904. The first-order valence-corrected chi connectivity index (χ1v) is 9.41. The third kappa shape index (κ3) is 4.75. The standard InChI is InChI=1S/C20H20BrNO6/c1-25-16-9-13-7-8-22(11-14(13)10-17(16)26-2)19(23)12-27-20(24)6-4-15-3-5-18(21)28-15/h3-6,9-10H,7-8,11-12H2,1-2H3/b6-4+. The summed E-state index contributed by atoms with van der Waals surface area (Å²) in [5, 5.41) is 0. The van der Waals surface area contributed by atoms with E-state index in [2.05, 4.69) is 15.9 Å². The summed E-state index contributed by atoms with van der Waals surface area (Å²) in [6, 6.07) is 7.23. The number of hydrogen-bond acceptors (Lipinski definition) is 6. The van der Waals surface area contributed by atoms with Crippen molar-refractivity contribution in [3.8, 4) is 11.5 Å². The summed E-state index contributed by atoms with van der Waals surface area (Å²) < 4.78 is 21.5. The normalized spacial score (nSPS) is 13.3. The lowest BCUT2D eigenvalue weighted by atomic mass is 9.99. The van der Waals surface area contributed by atoms with Crippen LogP contribution in [0.3, 0.4) is 0 Å². The van der Waals surface area contributed by atoms with E-state index < -0.39 is 5.97 Å². The Balaban J connectivity index is 1.55. The van der Waals surface area contributed by atoms with Crippen LogP contribution in [0.5, 0.6) is 11.5 Å². The Hall–Kier alpha value is -2.74. The highest BCUT2D eigenvalue weighted by Gasteiger charge is 2.23. The average molecular weight is 450 g/mol. The molecule has 148 valence electrons. The Morgan fingerprint density at radius 2 is 1.89 bits per heavy atom. The highest BCUT2D eigenvalue weighted by Crippen LogP contribution is 2.33. The first-order chi connectivity index (χ1) is 13.5. The number of fused-ring (bicyclic) bond motifs is 1. The van der Waals surface area contributed by atoms with Gasteiger partial charge in [-0.05, 0) is 63.8 Å². The molecule has 0 spiro atoms. The molecule has 1 aliphatic heterocycles. The van der Waals surface area contributed by atoms with Crippen LogP contribution in [0, 0.1) is 0 Å². The fourth-order valence-electron chi connectivity index (χ4n) is 2.94. The van der Waals surface area contributed by atoms with Crippen LogP contribution in [0.15, 0.2) is 39.4 Å². The van der Waals surface area contributed by atoms with Crippen LogP contribution in [-0.2, 0) is 27.3 Å². The zero-order chi connectivity index (χ0) is 20.1. The Morgan fingerprint density at radius 3 is 2.54 bits per heavy atom. The summed E-state index contributed by atoms with van der Waals surface area (Å²) in [6.45, 7) is 0.672. The third-order valence-corrected chi connectivity index (χ3v) is 4.81. The van der Waals surface area contributed by atoms with E-state index >= 15 is 0 Å². The molecule has 0 saturated carbocycles. The van der Waals surface area contributed by atoms with Crippen molar-refractivity contribution in [1.82, 2.24) is 4.90 Å². The van der Waals surface area contributed by atoms with Crippen LogP contribution in [0.4, 0.5) is 0 Å². The molecule has 0 unspecified atom stereocenters. The number of hydrogen-bond donors (Lipinski definition) is 0. The largest absolute Gasteiger partial charge is 0.493 e. The number of carbonyl (C=O) groups excluding carboxylic acids is 2. The molecular weight excluding hydrogens is 430 g/mol. The number of benzene rings is 1. The van der Waals surface area contributed by atoms with Gasteiger partial charge in [-0.25, -0.2) is 4.79 Å². The van der Waals surface area contributed by atoms with E-state index in [0.29, 0.717) is 41.4 Å². The predicted octanol–water partition coefficient (Wildman–Crippen LogP) is 3.20. The minimum absolute atomic E-state index is 0.247. The lowest BCUT2D eigenvalue weighted by Crippen LogP contribution is -2.38. The van der Waals surface area contributed by atoms with Gasteiger partial charge in [-0.2, -0.15) is 0 Å².